The van der Waals surface area contributed by atoms with E-state index in [0.29, 0.717) is 18.0 Å². The Morgan fingerprint density at radius 2 is 2.42 bits per heavy atom. The summed E-state index contributed by atoms with van der Waals surface area (Å²) < 4.78 is 4.74. The molecule has 0 bridgehead atoms. The zero-order chi connectivity index (χ0) is 8.29. The molecule has 3 rings (SSSR count). The summed E-state index contributed by atoms with van der Waals surface area (Å²) in [6, 6.07) is 0.851. The quantitative estimate of drug-likeness (QED) is 0.501. The summed E-state index contributed by atoms with van der Waals surface area (Å²) >= 11 is 0. The molecule has 3 aliphatic rings. The monoisotopic (exact) mass is 165 g/mol. The SMILES string of the molecule is COC(=O)N1[C@@H]2C=C[C@@H]2[C@H]2C[C@@H]21. The van der Waals surface area contributed by atoms with Crippen molar-refractivity contribution in [2.75, 3.05) is 7.11 Å². The maximum absolute atomic E-state index is 11.3. The first-order valence-corrected chi connectivity index (χ1v) is 4.37. The van der Waals surface area contributed by atoms with Crippen LogP contribution in [0.25, 0.3) is 0 Å². The first kappa shape index (κ1) is 6.52. The molecule has 1 heterocycles. The van der Waals surface area contributed by atoms with Crippen molar-refractivity contribution in [2.24, 2.45) is 11.8 Å². The molecule has 0 aromatic heterocycles. The van der Waals surface area contributed by atoms with Gasteiger partial charge in [0, 0.05) is 12.0 Å². The number of hydrogen-bond donors (Lipinski definition) is 0. The van der Waals surface area contributed by atoms with Crippen molar-refractivity contribution in [3.05, 3.63) is 12.2 Å². The fraction of sp³-hybridized carbons (Fsp3) is 0.667. The molecule has 1 saturated heterocycles. The van der Waals surface area contributed by atoms with E-state index >= 15 is 0 Å². The molecule has 0 N–H and O–H groups in total. The van der Waals surface area contributed by atoms with Crippen LogP contribution in [0.4, 0.5) is 4.79 Å². The van der Waals surface area contributed by atoms with Crippen molar-refractivity contribution < 1.29 is 9.53 Å². The minimum Gasteiger partial charge on any atom is -0.453 e. The fourth-order valence-electron chi connectivity index (χ4n) is 2.53. The highest BCUT2D eigenvalue weighted by Crippen LogP contribution is 2.56. The van der Waals surface area contributed by atoms with Gasteiger partial charge in [-0.3, -0.25) is 4.90 Å². The van der Waals surface area contributed by atoms with Gasteiger partial charge < -0.3 is 4.74 Å². The molecule has 0 spiro atoms. The van der Waals surface area contributed by atoms with Crippen LogP contribution in [0, 0.1) is 11.8 Å². The molecule has 0 radical (unpaired) electrons. The van der Waals surface area contributed by atoms with Gasteiger partial charge in [0.1, 0.15) is 0 Å². The van der Waals surface area contributed by atoms with E-state index in [1.807, 2.05) is 4.90 Å². The van der Waals surface area contributed by atoms with E-state index in [1.54, 1.807) is 0 Å². The van der Waals surface area contributed by atoms with E-state index in [-0.39, 0.29) is 6.09 Å². The summed E-state index contributed by atoms with van der Waals surface area (Å²) in [6.07, 6.45) is 5.35. The van der Waals surface area contributed by atoms with Gasteiger partial charge in [0.25, 0.3) is 0 Å². The van der Waals surface area contributed by atoms with Crippen molar-refractivity contribution in [3.63, 3.8) is 0 Å². The van der Waals surface area contributed by atoms with Gasteiger partial charge in [-0.25, -0.2) is 4.79 Å². The summed E-state index contributed by atoms with van der Waals surface area (Å²) in [5.74, 6) is 1.40. The number of hydrogen-bond acceptors (Lipinski definition) is 2. The van der Waals surface area contributed by atoms with Crippen molar-refractivity contribution >= 4 is 6.09 Å². The van der Waals surface area contributed by atoms with Crippen LogP contribution >= 0.6 is 0 Å². The molecule has 12 heavy (non-hydrogen) atoms. The first-order chi connectivity index (χ1) is 5.83. The van der Waals surface area contributed by atoms with Gasteiger partial charge in [0.15, 0.2) is 0 Å². The maximum Gasteiger partial charge on any atom is 0.410 e. The van der Waals surface area contributed by atoms with Gasteiger partial charge in [0.05, 0.1) is 13.2 Å². The van der Waals surface area contributed by atoms with E-state index in [1.165, 1.54) is 13.5 Å². The van der Waals surface area contributed by atoms with Crippen LogP contribution in [0.1, 0.15) is 6.42 Å². The van der Waals surface area contributed by atoms with Crippen molar-refractivity contribution in [3.8, 4) is 0 Å². The largest absolute Gasteiger partial charge is 0.453 e. The van der Waals surface area contributed by atoms with Crippen molar-refractivity contribution in [2.45, 2.75) is 18.5 Å². The van der Waals surface area contributed by atoms with E-state index in [2.05, 4.69) is 12.2 Å². The lowest BCUT2D eigenvalue weighted by molar-refractivity contribution is 0.112. The van der Waals surface area contributed by atoms with Crippen LogP contribution < -0.4 is 0 Å². The Labute approximate surface area is 71.0 Å². The molecule has 0 aromatic rings. The highest BCUT2D eigenvalue weighted by molar-refractivity contribution is 5.71. The van der Waals surface area contributed by atoms with Crippen LogP contribution in [-0.4, -0.2) is 30.2 Å². The summed E-state index contributed by atoms with van der Waals surface area (Å²) in [5, 5.41) is 0. The number of rotatable bonds is 0. The Bertz CT molecular complexity index is 274. The highest BCUT2D eigenvalue weighted by Gasteiger charge is 2.61. The lowest BCUT2D eigenvalue weighted by atomic mass is 9.87. The molecule has 3 nitrogen and oxygen atoms in total. The molecule has 1 aliphatic heterocycles. The molecule has 2 fully saturated rings. The van der Waals surface area contributed by atoms with Gasteiger partial charge in [-0.05, 0) is 12.3 Å². The van der Waals surface area contributed by atoms with Crippen LogP contribution in [-0.2, 0) is 4.74 Å². The molecule has 4 atom stereocenters. The second-order valence-corrected chi connectivity index (χ2v) is 3.80. The third-order valence-corrected chi connectivity index (χ3v) is 3.29. The molecule has 0 aromatic carbocycles. The number of ether oxygens (including phenoxy) is 1. The van der Waals surface area contributed by atoms with Crippen LogP contribution in [0.3, 0.4) is 0 Å². The second kappa shape index (κ2) is 1.84. The molecule has 1 amide bonds. The zero-order valence-electron chi connectivity index (χ0n) is 6.93. The Morgan fingerprint density at radius 1 is 1.58 bits per heavy atom. The van der Waals surface area contributed by atoms with E-state index in [4.69, 9.17) is 4.74 Å². The minimum absolute atomic E-state index is 0.153. The van der Waals surface area contributed by atoms with Crippen LogP contribution in [0.15, 0.2) is 12.2 Å². The summed E-state index contributed by atoms with van der Waals surface area (Å²) in [6.45, 7) is 0. The van der Waals surface area contributed by atoms with E-state index < -0.39 is 0 Å². The van der Waals surface area contributed by atoms with Gasteiger partial charge in [-0.2, -0.15) is 0 Å². The van der Waals surface area contributed by atoms with Crippen molar-refractivity contribution in [1.29, 1.82) is 0 Å². The number of likely N-dealkylation sites (tertiary alicyclic amines) is 1. The second-order valence-electron chi connectivity index (χ2n) is 3.80. The zero-order valence-corrected chi connectivity index (χ0v) is 6.93. The number of nitrogens with zero attached hydrogens (tertiary/aromatic N) is 1. The Morgan fingerprint density at radius 3 is 2.92 bits per heavy atom. The smallest absolute Gasteiger partial charge is 0.410 e. The number of amides is 1. The maximum atomic E-state index is 11.3. The Balaban J connectivity index is 1.87. The van der Waals surface area contributed by atoms with E-state index in [0.717, 1.165) is 5.92 Å². The van der Waals surface area contributed by atoms with Gasteiger partial charge in [0.2, 0.25) is 0 Å². The Kier molecular flexibility index (Phi) is 1.000. The summed E-state index contributed by atoms with van der Waals surface area (Å²) in [4.78, 5) is 13.2. The topological polar surface area (TPSA) is 29.5 Å². The van der Waals surface area contributed by atoms with Crippen molar-refractivity contribution in [1.82, 2.24) is 4.90 Å². The summed E-state index contributed by atoms with van der Waals surface area (Å²) in [5.41, 5.74) is 0. The first-order valence-electron chi connectivity index (χ1n) is 4.37. The Hall–Kier alpha value is -0.990. The molecule has 1 saturated carbocycles. The number of piperidine rings is 1. The lowest BCUT2D eigenvalue weighted by Gasteiger charge is -2.32. The lowest BCUT2D eigenvalue weighted by Crippen LogP contribution is -2.42. The standard InChI is InChI=1S/C9H11NO2/c1-12-9(11)10-7-3-2-5(7)6-4-8(6)10/h2-3,5-8H,4H2,1H3/t5-,6-,7-,8+/m1/s1. The minimum atomic E-state index is -0.153. The summed E-state index contributed by atoms with van der Waals surface area (Å²) in [7, 11) is 1.45. The van der Waals surface area contributed by atoms with Gasteiger partial charge in [-0.15, -0.1) is 0 Å². The van der Waals surface area contributed by atoms with Gasteiger partial charge in [-0.1, -0.05) is 12.2 Å². The van der Waals surface area contributed by atoms with Gasteiger partial charge >= 0.3 is 6.09 Å². The average Bonchev–Trinajstić information content (AvgIpc) is 2.72. The molecule has 0 unspecified atom stereocenters. The number of carbonyl (C=O) groups excluding carboxylic acids is 1. The van der Waals surface area contributed by atoms with Crippen LogP contribution in [0.5, 0.6) is 0 Å². The van der Waals surface area contributed by atoms with Crippen LogP contribution in [0.2, 0.25) is 0 Å². The predicted octanol–water partition coefficient (Wildman–Crippen LogP) is 1.01. The predicted molar refractivity (Wildman–Crippen MR) is 42.6 cm³/mol. The normalized spacial score (nSPS) is 46.2. The molecule has 64 valence electrons. The number of fused-ring (bicyclic) bond motifs is 3. The fourth-order valence-corrected chi connectivity index (χ4v) is 2.53. The molecule has 2 aliphatic carbocycles. The third kappa shape index (κ3) is 0.564. The van der Waals surface area contributed by atoms with E-state index in [9.17, 15) is 4.79 Å². The molecule has 3 heteroatoms. The molecular weight excluding hydrogens is 154 g/mol. The average molecular weight is 165 g/mol. The highest BCUT2D eigenvalue weighted by atomic mass is 16.5. The number of methoxy groups -OCH3 is 1. The molecular formula is C9H11NO2. The third-order valence-electron chi connectivity index (χ3n) is 3.29. The number of carbonyl (C=O) groups is 1.